The minimum atomic E-state index is -1.06. The number of esters is 1. The molecule has 0 unspecified atom stereocenters. The van der Waals surface area contributed by atoms with Crippen LogP contribution in [-0.4, -0.2) is 31.1 Å². The summed E-state index contributed by atoms with van der Waals surface area (Å²) < 4.78 is 10.7. The third-order valence-electron chi connectivity index (χ3n) is 5.34. The smallest absolute Gasteiger partial charge is 0.375 e. The fraction of sp³-hybridized carbons (Fsp3) is 0.292. The van der Waals surface area contributed by atoms with Gasteiger partial charge in [-0.05, 0) is 62.6 Å². The molecule has 3 aromatic rings. The SMILES string of the molecule is C[C@@H](OC(=O)c1cc(=O)c2ccccc2o1)C(=O)Nc1ccc(N2CCCCC2)cc1. The normalized spacial score (nSPS) is 14.8. The number of ether oxygens (including phenoxy) is 1. The molecule has 1 aromatic heterocycles. The van der Waals surface area contributed by atoms with Crippen molar-refractivity contribution in [1.82, 2.24) is 0 Å². The number of nitrogens with zero attached hydrogens (tertiary/aromatic N) is 1. The van der Waals surface area contributed by atoms with Crippen molar-refractivity contribution in [3.63, 3.8) is 0 Å². The first-order valence-corrected chi connectivity index (χ1v) is 10.4. The van der Waals surface area contributed by atoms with Crippen LogP contribution in [0.3, 0.4) is 0 Å². The van der Waals surface area contributed by atoms with Crippen molar-refractivity contribution in [3.8, 4) is 0 Å². The van der Waals surface area contributed by atoms with Gasteiger partial charge in [0, 0.05) is 30.5 Å². The lowest BCUT2D eigenvalue weighted by Crippen LogP contribution is -2.30. The summed E-state index contributed by atoms with van der Waals surface area (Å²) in [5.74, 6) is -1.58. The Morgan fingerprint density at radius 1 is 1.03 bits per heavy atom. The summed E-state index contributed by atoms with van der Waals surface area (Å²) in [5.41, 5.74) is 1.68. The van der Waals surface area contributed by atoms with E-state index in [9.17, 15) is 14.4 Å². The molecule has 1 atom stereocenters. The lowest BCUT2D eigenvalue weighted by Gasteiger charge is -2.28. The van der Waals surface area contributed by atoms with Crippen LogP contribution in [-0.2, 0) is 9.53 Å². The number of hydrogen-bond acceptors (Lipinski definition) is 6. The number of fused-ring (bicyclic) bond motifs is 1. The fourth-order valence-electron chi connectivity index (χ4n) is 3.63. The second kappa shape index (κ2) is 9.04. The van der Waals surface area contributed by atoms with Gasteiger partial charge in [-0.3, -0.25) is 9.59 Å². The van der Waals surface area contributed by atoms with Crippen molar-refractivity contribution in [2.45, 2.75) is 32.3 Å². The van der Waals surface area contributed by atoms with Gasteiger partial charge in [0.2, 0.25) is 5.76 Å². The number of piperidine rings is 1. The summed E-state index contributed by atoms with van der Waals surface area (Å²) in [6, 6.07) is 15.3. The van der Waals surface area contributed by atoms with E-state index in [0.717, 1.165) is 24.8 Å². The van der Waals surface area contributed by atoms with Gasteiger partial charge in [-0.15, -0.1) is 0 Å². The molecule has 4 rings (SSSR count). The van der Waals surface area contributed by atoms with E-state index in [0.29, 0.717) is 11.1 Å². The standard InChI is InChI=1S/C24H24N2O5/c1-16(30-24(29)22-15-20(27)19-7-3-4-8-21(19)31-22)23(28)25-17-9-11-18(12-10-17)26-13-5-2-6-14-26/h3-4,7-12,15-16H,2,5-6,13-14H2,1H3,(H,25,28)/t16-/m1/s1. The third-order valence-corrected chi connectivity index (χ3v) is 5.34. The zero-order chi connectivity index (χ0) is 21.8. The molecule has 1 N–H and O–H groups in total. The Bertz CT molecular complexity index is 1150. The largest absolute Gasteiger partial charge is 0.449 e. The Morgan fingerprint density at radius 2 is 1.74 bits per heavy atom. The topological polar surface area (TPSA) is 88.9 Å². The number of benzene rings is 2. The molecule has 0 saturated carbocycles. The van der Waals surface area contributed by atoms with E-state index in [1.54, 1.807) is 24.3 Å². The predicted molar refractivity (Wildman–Crippen MR) is 118 cm³/mol. The summed E-state index contributed by atoms with van der Waals surface area (Å²) in [4.78, 5) is 39.3. The molecule has 0 bridgehead atoms. The number of nitrogens with one attached hydrogen (secondary N) is 1. The van der Waals surface area contributed by atoms with Gasteiger partial charge >= 0.3 is 5.97 Å². The van der Waals surface area contributed by atoms with Gasteiger partial charge in [0.15, 0.2) is 11.5 Å². The summed E-state index contributed by atoms with van der Waals surface area (Å²) in [5, 5.41) is 3.12. The number of carbonyl (C=O) groups is 2. The summed E-state index contributed by atoms with van der Waals surface area (Å²) >= 11 is 0. The maximum Gasteiger partial charge on any atom is 0.375 e. The van der Waals surface area contributed by atoms with Crippen LogP contribution in [0.1, 0.15) is 36.7 Å². The Morgan fingerprint density at radius 3 is 2.48 bits per heavy atom. The van der Waals surface area contributed by atoms with Gasteiger partial charge < -0.3 is 19.4 Å². The van der Waals surface area contributed by atoms with Crippen molar-refractivity contribution in [3.05, 3.63) is 70.6 Å². The number of carbonyl (C=O) groups excluding carboxylic acids is 2. The highest BCUT2D eigenvalue weighted by atomic mass is 16.6. The number of amides is 1. The molecular formula is C24H24N2O5. The maximum atomic E-state index is 12.5. The van der Waals surface area contributed by atoms with E-state index in [1.807, 2.05) is 24.3 Å². The van der Waals surface area contributed by atoms with E-state index in [-0.39, 0.29) is 16.8 Å². The highest BCUT2D eigenvalue weighted by Gasteiger charge is 2.22. The van der Waals surface area contributed by atoms with Crippen LogP contribution in [0.2, 0.25) is 0 Å². The molecule has 0 spiro atoms. The molecule has 1 aliphatic rings. The van der Waals surface area contributed by atoms with Crippen LogP contribution in [0.25, 0.3) is 11.0 Å². The molecular weight excluding hydrogens is 396 g/mol. The Labute approximate surface area is 179 Å². The number of rotatable bonds is 5. The van der Waals surface area contributed by atoms with Crippen LogP contribution in [0.5, 0.6) is 0 Å². The zero-order valence-electron chi connectivity index (χ0n) is 17.3. The highest BCUT2D eigenvalue weighted by Crippen LogP contribution is 2.22. The first kappa shape index (κ1) is 20.7. The van der Waals surface area contributed by atoms with Gasteiger partial charge in [-0.2, -0.15) is 0 Å². The average molecular weight is 420 g/mol. The summed E-state index contributed by atoms with van der Waals surface area (Å²) in [6.07, 6.45) is 2.59. The molecule has 1 amide bonds. The Balaban J connectivity index is 1.38. The molecule has 1 saturated heterocycles. The lowest BCUT2D eigenvalue weighted by atomic mass is 10.1. The van der Waals surface area contributed by atoms with E-state index in [2.05, 4.69) is 10.2 Å². The van der Waals surface area contributed by atoms with Crippen LogP contribution in [0.4, 0.5) is 11.4 Å². The van der Waals surface area contributed by atoms with Gasteiger partial charge in [0.05, 0.1) is 5.39 Å². The van der Waals surface area contributed by atoms with E-state index in [1.165, 1.54) is 26.2 Å². The van der Waals surface area contributed by atoms with E-state index in [4.69, 9.17) is 9.15 Å². The van der Waals surface area contributed by atoms with Crippen molar-refractivity contribution in [1.29, 1.82) is 0 Å². The molecule has 7 nitrogen and oxygen atoms in total. The summed E-state index contributed by atoms with van der Waals surface area (Å²) in [7, 11) is 0. The molecule has 1 fully saturated rings. The van der Waals surface area contributed by atoms with Crippen LogP contribution in [0, 0.1) is 0 Å². The van der Waals surface area contributed by atoms with Gasteiger partial charge in [0.25, 0.3) is 5.91 Å². The lowest BCUT2D eigenvalue weighted by molar-refractivity contribution is -0.123. The summed E-state index contributed by atoms with van der Waals surface area (Å²) in [6.45, 7) is 3.56. The zero-order valence-corrected chi connectivity index (χ0v) is 17.3. The van der Waals surface area contributed by atoms with Crippen molar-refractivity contribution >= 4 is 34.2 Å². The molecule has 2 heterocycles. The molecule has 0 aliphatic carbocycles. The molecule has 0 radical (unpaired) electrons. The quantitative estimate of drug-likeness (QED) is 0.629. The molecule has 160 valence electrons. The molecule has 31 heavy (non-hydrogen) atoms. The maximum absolute atomic E-state index is 12.5. The minimum absolute atomic E-state index is 0.241. The van der Waals surface area contributed by atoms with Gasteiger partial charge in [0.1, 0.15) is 5.58 Å². The van der Waals surface area contributed by atoms with Crippen molar-refractivity contribution < 1.29 is 18.7 Å². The highest BCUT2D eigenvalue weighted by molar-refractivity contribution is 5.97. The van der Waals surface area contributed by atoms with E-state index < -0.39 is 18.0 Å². The van der Waals surface area contributed by atoms with Crippen molar-refractivity contribution in [2.75, 3.05) is 23.3 Å². The first-order valence-electron chi connectivity index (χ1n) is 10.4. The second-order valence-electron chi connectivity index (χ2n) is 7.60. The van der Waals surface area contributed by atoms with E-state index >= 15 is 0 Å². The molecule has 1 aliphatic heterocycles. The molecule has 2 aromatic carbocycles. The predicted octanol–water partition coefficient (Wildman–Crippen LogP) is 3.97. The number of para-hydroxylation sites is 1. The number of hydrogen-bond donors (Lipinski definition) is 1. The van der Waals surface area contributed by atoms with Gasteiger partial charge in [-0.1, -0.05) is 12.1 Å². The first-order chi connectivity index (χ1) is 15.0. The second-order valence-corrected chi connectivity index (χ2v) is 7.60. The number of anilines is 2. The minimum Gasteiger partial charge on any atom is -0.449 e. The Kier molecular flexibility index (Phi) is 6.02. The molecule has 7 heteroatoms. The monoisotopic (exact) mass is 420 g/mol. The van der Waals surface area contributed by atoms with Crippen LogP contribution in [0.15, 0.2) is 63.8 Å². The average Bonchev–Trinajstić information content (AvgIpc) is 2.80. The Hall–Kier alpha value is -3.61. The van der Waals surface area contributed by atoms with Crippen LogP contribution < -0.4 is 15.6 Å². The van der Waals surface area contributed by atoms with Crippen LogP contribution >= 0.6 is 0 Å². The fourth-order valence-corrected chi connectivity index (χ4v) is 3.63. The van der Waals surface area contributed by atoms with Crippen molar-refractivity contribution in [2.24, 2.45) is 0 Å². The third kappa shape index (κ3) is 4.77. The van der Waals surface area contributed by atoms with Gasteiger partial charge in [-0.25, -0.2) is 4.79 Å².